The summed E-state index contributed by atoms with van der Waals surface area (Å²) in [5, 5.41) is 2.75. The minimum Gasteiger partial charge on any atom is -0.483 e. The van der Waals surface area contributed by atoms with Gasteiger partial charge in [0.15, 0.2) is 6.61 Å². The van der Waals surface area contributed by atoms with Gasteiger partial charge in [-0.15, -0.1) is 0 Å². The molecule has 0 atom stereocenters. The lowest BCUT2D eigenvalue weighted by Crippen LogP contribution is -2.22. The van der Waals surface area contributed by atoms with Gasteiger partial charge in [0.2, 0.25) is 0 Å². The summed E-state index contributed by atoms with van der Waals surface area (Å²) in [6.45, 7) is 9.13. The van der Waals surface area contributed by atoms with E-state index in [1.54, 1.807) is 24.3 Å². The van der Waals surface area contributed by atoms with Crippen LogP contribution in [0.1, 0.15) is 43.6 Å². The maximum absolute atomic E-state index is 12.3. The van der Waals surface area contributed by atoms with Crippen LogP contribution in [0, 0.1) is 0 Å². The summed E-state index contributed by atoms with van der Waals surface area (Å²) < 4.78 is 16.0. The zero-order chi connectivity index (χ0) is 21.3. The Morgan fingerprint density at radius 3 is 2.48 bits per heavy atom. The molecule has 0 spiro atoms. The summed E-state index contributed by atoms with van der Waals surface area (Å²) in [6, 6.07) is 14.3. The van der Waals surface area contributed by atoms with E-state index in [-0.39, 0.29) is 24.5 Å². The molecule has 0 aromatic heterocycles. The van der Waals surface area contributed by atoms with Gasteiger partial charge in [0.1, 0.15) is 12.4 Å². The highest BCUT2D eigenvalue weighted by atomic mass is 16.6. The van der Waals surface area contributed by atoms with Crippen LogP contribution in [0.4, 0.5) is 5.69 Å². The van der Waals surface area contributed by atoms with Crippen molar-refractivity contribution in [3.05, 3.63) is 59.7 Å². The smallest absolute Gasteiger partial charge is 0.338 e. The molecule has 2 aromatic carbocycles. The Kier molecular flexibility index (Phi) is 8.21. The minimum absolute atomic E-state index is 0.0933. The monoisotopic (exact) mass is 399 g/mol. The number of carbonyl (C=O) groups is 2. The van der Waals surface area contributed by atoms with Crippen LogP contribution in [0.5, 0.6) is 5.75 Å². The Morgan fingerprint density at radius 1 is 1.00 bits per heavy atom. The maximum Gasteiger partial charge on any atom is 0.338 e. The van der Waals surface area contributed by atoms with E-state index in [2.05, 4.69) is 26.1 Å². The molecule has 6 heteroatoms. The molecule has 0 aliphatic carbocycles. The van der Waals surface area contributed by atoms with E-state index in [0.717, 1.165) is 5.56 Å². The number of rotatable bonds is 9. The lowest BCUT2D eigenvalue weighted by atomic mass is 9.86. The quantitative estimate of drug-likeness (QED) is 0.505. The van der Waals surface area contributed by atoms with E-state index >= 15 is 0 Å². The zero-order valence-electron chi connectivity index (χ0n) is 17.5. The summed E-state index contributed by atoms with van der Waals surface area (Å²) >= 11 is 0. The highest BCUT2D eigenvalue weighted by molar-refractivity contribution is 5.95. The summed E-state index contributed by atoms with van der Waals surface area (Å²) in [6.07, 6.45) is 0. The van der Waals surface area contributed by atoms with Crippen LogP contribution < -0.4 is 10.1 Å². The fraction of sp³-hybridized carbons (Fsp3) is 0.391. The Bertz CT molecular complexity index is 826. The first-order chi connectivity index (χ1) is 13.8. The molecule has 0 unspecified atom stereocenters. The van der Waals surface area contributed by atoms with Gasteiger partial charge in [0.25, 0.3) is 5.91 Å². The van der Waals surface area contributed by atoms with Crippen LogP contribution >= 0.6 is 0 Å². The van der Waals surface area contributed by atoms with Gasteiger partial charge in [-0.1, -0.05) is 45.0 Å². The number of ether oxygens (including phenoxy) is 3. The number of para-hydroxylation sites is 1. The molecule has 156 valence electrons. The number of nitrogens with one attached hydrogen (secondary N) is 1. The normalized spacial score (nSPS) is 11.0. The Labute approximate surface area is 172 Å². The first kappa shape index (κ1) is 22.4. The molecular formula is C23H29NO5. The SMILES string of the molecule is CCOCCOC(=O)c1cccc(NC(=O)COc2ccccc2C(C)(C)C)c1. The second-order valence-electron chi connectivity index (χ2n) is 7.50. The van der Waals surface area contributed by atoms with Crippen molar-refractivity contribution in [1.82, 2.24) is 0 Å². The summed E-state index contributed by atoms with van der Waals surface area (Å²) in [5.74, 6) is -0.0893. The summed E-state index contributed by atoms with van der Waals surface area (Å²) in [4.78, 5) is 24.4. The number of carbonyl (C=O) groups excluding carboxylic acids is 2. The Balaban J connectivity index is 1.92. The third-order valence-electron chi connectivity index (χ3n) is 4.10. The van der Waals surface area contributed by atoms with Gasteiger partial charge in [-0.05, 0) is 42.2 Å². The molecule has 2 aromatic rings. The molecule has 0 radical (unpaired) electrons. The van der Waals surface area contributed by atoms with Crippen LogP contribution in [-0.4, -0.2) is 38.3 Å². The predicted octanol–water partition coefficient (Wildman–Crippen LogP) is 4.19. The number of hydrogen-bond acceptors (Lipinski definition) is 5. The molecule has 0 bridgehead atoms. The van der Waals surface area contributed by atoms with E-state index < -0.39 is 5.97 Å². The van der Waals surface area contributed by atoms with Crippen molar-refractivity contribution >= 4 is 17.6 Å². The average molecular weight is 399 g/mol. The fourth-order valence-electron chi connectivity index (χ4n) is 2.70. The second kappa shape index (κ2) is 10.6. The number of anilines is 1. The molecule has 2 rings (SSSR count). The van der Waals surface area contributed by atoms with Crippen molar-refractivity contribution < 1.29 is 23.8 Å². The lowest BCUT2D eigenvalue weighted by molar-refractivity contribution is -0.118. The van der Waals surface area contributed by atoms with Gasteiger partial charge < -0.3 is 19.5 Å². The molecule has 1 amide bonds. The highest BCUT2D eigenvalue weighted by Gasteiger charge is 2.19. The largest absolute Gasteiger partial charge is 0.483 e. The number of amides is 1. The third-order valence-corrected chi connectivity index (χ3v) is 4.10. The topological polar surface area (TPSA) is 73.9 Å². The molecule has 0 saturated carbocycles. The molecule has 29 heavy (non-hydrogen) atoms. The number of esters is 1. The third kappa shape index (κ3) is 7.23. The van der Waals surface area contributed by atoms with Crippen LogP contribution in [0.2, 0.25) is 0 Å². The minimum atomic E-state index is -0.462. The lowest BCUT2D eigenvalue weighted by Gasteiger charge is -2.22. The van der Waals surface area contributed by atoms with Gasteiger partial charge >= 0.3 is 5.97 Å². The Morgan fingerprint density at radius 2 is 1.76 bits per heavy atom. The van der Waals surface area contributed by atoms with Gasteiger partial charge in [0, 0.05) is 12.3 Å². The van der Waals surface area contributed by atoms with E-state index in [0.29, 0.717) is 30.2 Å². The van der Waals surface area contributed by atoms with Crippen molar-refractivity contribution in [3.8, 4) is 5.75 Å². The van der Waals surface area contributed by atoms with Crippen molar-refractivity contribution in [2.75, 3.05) is 31.7 Å². The maximum atomic E-state index is 12.3. The molecule has 0 heterocycles. The molecule has 0 aliphatic heterocycles. The standard InChI is InChI=1S/C23H29NO5/c1-5-27-13-14-28-22(26)17-9-8-10-18(15-17)24-21(25)16-29-20-12-7-6-11-19(20)23(2,3)4/h6-12,15H,5,13-14,16H2,1-4H3,(H,24,25). The van der Waals surface area contributed by atoms with Crippen molar-refractivity contribution in [2.24, 2.45) is 0 Å². The van der Waals surface area contributed by atoms with Crippen LogP contribution in [0.15, 0.2) is 48.5 Å². The predicted molar refractivity (Wildman–Crippen MR) is 112 cm³/mol. The van der Waals surface area contributed by atoms with Crippen LogP contribution in [0.25, 0.3) is 0 Å². The summed E-state index contributed by atoms with van der Waals surface area (Å²) in [7, 11) is 0. The second-order valence-corrected chi connectivity index (χ2v) is 7.50. The number of benzene rings is 2. The molecule has 0 saturated heterocycles. The first-order valence-corrected chi connectivity index (χ1v) is 9.68. The van der Waals surface area contributed by atoms with Crippen LogP contribution in [-0.2, 0) is 19.7 Å². The molecule has 0 fully saturated rings. The molecule has 0 aliphatic rings. The fourth-order valence-corrected chi connectivity index (χ4v) is 2.70. The molecule has 1 N–H and O–H groups in total. The number of hydrogen-bond donors (Lipinski definition) is 1. The van der Waals surface area contributed by atoms with E-state index in [9.17, 15) is 9.59 Å². The molecule has 6 nitrogen and oxygen atoms in total. The zero-order valence-corrected chi connectivity index (χ0v) is 17.5. The van der Waals surface area contributed by atoms with E-state index in [4.69, 9.17) is 14.2 Å². The van der Waals surface area contributed by atoms with E-state index in [1.807, 2.05) is 31.2 Å². The highest BCUT2D eigenvalue weighted by Crippen LogP contribution is 2.30. The van der Waals surface area contributed by atoms with E-state index in [1.165, 1.54) is 0 Å². The molecular weight excluding hydrogens is 370 g/mol. The van der Waals surface area contributed by atoms with Gasteiger partial charge in [-0.3, -0.25) is 4.79 Å². The first-order valence-electron chi connectivity index (χ1n) is 9.68. The van der Waals surface area contributed by atoms with Gasteiger partial charge in [0.05, 0.1) is 12.2 Å². The van der Waals surface area contributed by atoms with Crippen molar-refractivity contribution in [2.45, 2.75) is 33.1 Å². The summed E-state index contributed by atoms with van der Waals surface area (Å²) in [5.41, 5.74) is 1.80. The van der Waals surface area contributed by atoms with Gasteiger partial charge in [-0.25, -0.2) is 4.79 Å². The van der Waals surface area contributed by atoms with Crippen molar-refractivity contribution in [3.63, 3.8) is 0 Å². The Hall–Kier alpha value is -2.86. The average Bonchev–Trinajstić information content (AvgIpc) is 2.69. The van der Waals surface area contributed by atoms with Crippen LogP contribution in [0.3, 0.4) is 0 Å². The van der Waals surface area contributed by atoms with Gasteiger partial charge in [-0.2, -0.15) is 0 Å². The van der Waals surface area contributed by atoms with Crippen molar-refractivity contribution in [1.29, 1.82) is 0 Å².